The second-order valence-corrected chi connectivity index (χ2v) is 6.16. The molecule has 7 nitrogen and oxygen atoms in total. The number of methoxy groups -OCH3 is 1. The Morgan fingerprint density at radius 2 is 2.03 bits per heavy atom. The van der Waals surface area contributed by atoms with Gasteiger partial charge in [0, 0.05) is 18.0 Å². The second kappa shape index (κ2) is 7.19. The molecule has 0 saturated heterocycles. The number of aromatic nitrogens is 3. The van der Waals surface area contributed by atoms with E-state index in [1.807, 2.05) is 0 Å². The summed E-state index contributed by atoms with van der Waals surface area (Å²) >= 11 is 0. The van der Waals surface area contributed by atoms with E-state index in [0.717, 1.165) is 12.1 Å². The highest BCUT2D eigenvalue weighted by Crippen LogP contribution is 2.30. The van der Waals surface area contributed by atoms with Gasteiger partial charge in [-0.15, -0.1) is 0 Å². The smallest absolute Gasteiger partial charge is 0.201 e. The lowest BCUT2D eigenvalue weighted by Gasteiger charge is -2.10. The number of rotatable bonds is 5. The third-order valence-electron chi connectivity index (χ3n) is 4.39. The molecule has 0 bridgehead atoms. The SMILES string of the molecule is COc1cccc(Nc2ncnc3[nH]cc(C(=O)c4c(F)ccc(N)c4F)c23)c1. The molecule has 4 rings (SSSR count). The van der Waals surface area contributed by atoms with Crippen molar-refractivity contribution in [2.45, 2.75) is 0 Å². The number of nitrogens with one attached hydrogen (secondary N) is 2. The summed E-state index contributed by atoms with van der Waals surface area (Å²) < 4.78 is 33.8. The van der Waals surface area contributed by atoms with Gasteiger partial charge < -0.3 is 20.8 Å². The highest BCUT2D eigenvalue weighted by Gasteiger charge is 2.25. The third-order valence-corrected chi connectivity index (χ3v) is 4.39. The highest BCUT2D eigenvalue weighted by atomic mass is 19.1. The number of nitrogens with two attached hydrogens (primary N) is 1. The average molecular weight is 395 g/mol. The molecule has 0 unspecified atom stereocenters. The van der Waals surface area contributed by atoms with Gasteiger partial charge in [0.15, 0.2) is 5.82 Å². The minimum atomic E-state index is -1.11. The van der Waals surface area contributed by atoms with Gasteiger partial charge in [-0.3, -0.25) is 4.79 Å². The quantitative estimate of drug-likeness (QED) is 0.351. The molecule has 2 aromatic carbocycles. The van der Waals surface area contributed by atoms with Crippen molar-refractivity contribution in [3.05, 3.63) is 71.7 Å². The first-order chi connectivity index (χ1) is 14.0. The highest BCUT2D eigenvalue weighted by molar-refractivity contribution is 6.18. The molecule has 0 saturated carbocycles. The van der Waals surface area contributed by atoms with Crippen molar-refractivity contribution in [1.82, 2.24) is 15.0 Å². The summed E-state index contributed by atoms with van der Waals surface area (Å²) in [5.41, 5.74) is 5.43. The summed E-state index contributed by atoms with van der Waals surface area (Å²) in [4.78, 5) is 24.1. The van der Waals surface area contributed by atoms with Crippen LogP contribution in [0.4, 0.5) is 26.0 Å². The van der Waals surface area contributed by atoms with Crippen LogP contribution in [0, 0.1) is 11.6 Å². The summed E-state index contributed by atoms with van der Waals surface area (Å²) in [6.07, 6.45) is 2.64. The summed E-state index contributed by atoms with van der Waals surface area (Å²) in [6, 6.07) is 9.08. The number of hydrogen-bond acceptors (Lipinski definition) is 6. The Kier molecular flexibility index (Phi) is 4.55. The van der Waals surface area contributed by atoms with Gasteiger partial charge in [-0.2, -0.15) is 0 Å². The van der Waals surface area contributed by atoms with Crippen LogP contribution >= 0.6 is 0 Å². The number of aromatic amines is 1. The molecule has 9 heteroatoms. The van der Waals surface area contributed by atoms with Gasteiger partial charge in [0.05, 0.1) is 29.3 Å². The zero-order valence-corrected chi connectivity index (χ0v) is 15.2. The number of H-pyrrole nitrogens is 1. The Hall–Kier alpha value is -4.01. The maximum absolute atomic E-state index is 14.4. The van der Waals surface area contributed by atoms with Crippen LogP contribution in [-0.2, 0) is 0 Å². The zero-order chi connectivity index (χ0) is 20.5. The standard InChI is InChI=1S/C20H15F2N5O2/c1-29-11-4-2-3-10(7-11)27-20-15-12(8-24-19(15)25-9-26-20)18(28)16-13(21)5-6-14(23)17(16)22/h2-9H,23H2,1H3,(H2,24,25,26,27). The molecule has 0 atom stereocenters. The first kappa shape index (κ1) is 18.4. The van der Waals surface area contributed by atoms with E-state index < -0.39 is 23.0 Å². The maximum Gasteiger partial charge on any atom is 0.201 e. The first-order valence-electron chi connectivity index (χ1n) is 8.51. The van der Waals surface area contributed by atoms with Crippen LogP contribution in [0.2, 0.25) is 0 Å². The number of nitrogens with zero attached hydrogens (tertiary/aromatic N) is 2. The maximum atomic E-state index is 14.4. The van der Waals surface area contributed by atoms with Crippen molar-refractivity contribution >= 4 is 34.0 Å². The van der Waals surface area contributed by atoms with Gasteiger partial charge in [0.2, 0.25) is 5.78 Å². The van der Waals surface area contributed by atoms with E-state index in [1.54, 1.807) is 31.4 Å². The Bertz CT molecular complexity index is 1240. The molecule has 0 aliphatic rings. The molecule has 4 N–H and O–H groups in total. The summed E-state index contributed by atoms with van der Waals surface area (Å²) in [7, 11) is 1.54. The van der Waals surface area contributed by atoms with Crippen LogP contribution in [0.1, 0.15) is 15.9 Å². The van der Waals surface area contributed by atoms with Gasteiger partial charge in [0.1, 0.15) is 29.4 Å². The fourth-order valence-corrected chi connectivity index (χ4v) is 2.99. The minimum Gasteiger partial charge on any atom is -0.497 e. The predicted molar refractivity (Wildman–Crippen MR) is 104 cm³/mol. The van der Waals surface area contributed by atoms with Gasteiger partial charge in [0.25, 0.3) is 0 Å². The Balaban J connectivity index is 1.83. The molecule has 2 aromatic heterocycles. The summed E-state index contributed by atoms with van der Waals surface area (Å²) in [6.45, 7) is 0. The van der Waals surface area contributed by atoms with Crippen molar-refractivity contribution in [3.63, 3.8) is 0 Å². The Morgan fingerprint density at radius 3 is 2.83 bits per heavy atom. The van der Waals surface area contributed by atoms with Crippen LogP contribution in [0.15, 0.2) is 48.9 Å². The third kappa shape index (κ3) is 3.22. The minimum absolute atomic E-state index is 0.00870. The number of hydrogen-bond donors (Lipinski definition) is 3. The summed E-state index contributed by atoms with van der Waals surface area (Å²) in [5, 5.41) is 3.37. The van der Waals surface area contributed by atoms with E-state index in [9.17, 15) is 13.6 Å². The van der Waals surface area contributed by atoms with Crippen LogP contribution in [-0.4, -0.2) is 27.8 Å². The molecule has 0 aliphatic heterocycles. The molecule has 146 valence electrons. The molecular weight excluding hydrogens is 380 g/mol. The summed E-state index contributed by atoms with van der Waals surface area (Å²) in [5.74, 6) is -2.08. The van der Waals surface area contributed by atoms with Crippen molar-refractivity contribution in [2.24, 2.45) is 0 Å². The number of carbonyl (C=O) groups excluding carboxylic acids is 1. The molecule has 0 aliphatic carbocycles. The van der Waals surface area contributed by atoms with E-state index in [4.69, 9.17) is 10.5 Å². The molecular formula is C20H15F2N5O2. The monoisotopic (exact) mass is 395 g/mol. The van der Waals surface area contributed by atoms with E-state index in [0.29, 0.717) is 22.5 Å². The molecule has 29 heavy (non-hydrogen) atoms. The lowest BCUT2D eigenvalue weighted by Crippen LogP contribution is -2.10. The number of ketones is 1. The van der Waals surface area contributed by atoms with Crippen LogP contribution < -0.4 is 15.8 Å². The van der Waals surface area contributed by atoms with Gasteiger partial charge in [-0.05, 0) is 24.3 Å². The van der Waals surface area contributed by atoms with Crippen LogP contribution in [0.25, 0.3) is 11.0 Å². The van der Waals surface area contributed by atoms with E-state index in [2.05, 4.69) is 20.3 Å². The normalized spacial score (nSPS) is 10.9. The van der Waals surface area contributed by atoms with E-state index in [1.165, 1.54) is 12.5 Å². The van der Waals surface area contributed by atoms with Crippen molar-refractivity contribution in [3.8, 4) is 5.75 Å². The number of carbonyl (C=O) groups is 1. The largest absolute Gasteiger partial charge is 0.497 e. The fraction of sp³-hybridized carbons (Fsp3) is 0.0500. The number of benzene rings is 2. The second-order valence-electron chi connectivity index (χ2n) is 6.16. The van der Waals surface area contributed by atoms with Crippen molar-refractivity contribution in [2.75, 3.05) is 18.2 Å². The number of halogens is 2. The first-order valence-corrected chi connectivity index (χ1v) is 8.51. The van der Waals surface area contributed by atoms with Gasteiger partial charge in [-0.25, -0.2) is 18.7 Å². The molecule has 2 heterocycles. The van der Waals surface area contributed by atoms with Crippen LogP contribution in [0.3, 0.4) is 0 Å². The van der Waals surface area contributed by atoms with Crippen LogP contribution in [0.5, 0.6) is 5.75 Å². The van der Waals surface area contributed by atoms with Crippen molar-refractivity contribution < 1.29 is 18.3 Å². The van der Waals surface area contributed by atoms with Gasteiger partial charge in [-0.1, -0.05) is 6.07 Å². The molecule has 0 radical (unpaired) electrons. The fourth-order valence-electron chi connectivity index (χ4n) is 2.99. The zero-order valence-electron chi connectivity index (χ0n) is 15.2. The number of fused-ring (bicyclic) bond motifs is 1. The average Bonchev–Trinajstić information content (AvgIpc) is 3.16. The van der Waals surface area contributed by atoms with E-state index >= 15 is 0 Å². The molecule has 0 fully saturated rings. The molecule has 4 aromatic rings. The number of anilines is 3. The number of nitrogen functional groups attached to an aromatic ring is 1. The van der Waals surface area contributed by atoms with Crippen molar-refractivity contribution in [1.29, 1.82) is 0 Å². The molecule has 0 spiro atoms. The number of ether oxygens (including phenoxy) is 1. The molecule has 0 amide bonds. The predicted octanol–water partition coefficient (Wildman–Crippen LogP) is 3.80. The topological polar surface area (TPSA) is 106 Å². The van der Waals surface area contributed by atoms with E-state index in [-0.39, 0.29) is 17.1 Å². The Morgan fingerprint density at radius 1 is 1.21 bits per heavy atom. The Labute approximate surface area is 163 Å². The lowest BCUT2D eigenvalue weighted by atomic mass is 10.0. The van der Waals surface area contributed by atoms with Gasteiger partial charge >= 0.3 is 0 Å². The lowest BCUT2D eigenvalue weighted by molar-refractivity contribution is 0.103.